The number of carbonyl (C=O) groups is 2. The zero-order valence-corrected chi connectivity index (χ0v) is 19.3. The number of Topliss-reactive ketones (excluding diaryl/α,β-unsaturated/α-hetero) is 1. The smallest absolute Gasteiger partial charge is 0.230 e. The quantitative estimate of drug-likeness (QED) is 0.555. The van der Waals surface area contributed by atoms with E-state index in [9.17, 15) is 9.59 Å². The van der Waals surface area contributed by atoms with Gasteiger partial charge in [-0.15, -0.1) is 11.3 Å². The fourth-order valence-corrected chi connectivity index (χ4v) is 4.55. The van der Waals surface area contributed by atoms with E-state index in [1.165, 1.54) is 12.5 Å². The summed E-state index contributed by atoms with van der Waals surface area (Å²) in [5.41, 5.74) is 4.32. The Kier molecular flexibility index (Phi) is 7.09. The molecule has 0 radical (unpaired) electrons. The Morgan fingerprint density at radius 3 is 2.53 bits per heavy atom. The van der Waals surface area contributed by atoms with Crippen LogP contribution in [-0.4, -0.2) is 59.7 Å². The third-order valence-corrected chi connectivity index (χ3v) is 6.59. The van der Waals surface area contributed by atoms with E-state index in [2.05, 4.69) is 51.4 Å². The first-order valence-corrected chi connectivity index (χ1v) is 11.7. The Labute approximate surface area is 192 Å². The van der Waals surface area contributed by atoms with Crippen LogP contribution in [0.15, 0.2) is 53.9 Å². The molecule has 2 aromatic carbocycles. The van der Waals surface area contributed by atoms with Crippen LogP contribution in [0.3, 0.4) is 0 Å². The summed E-state index contributed by atoms with van der Waals surface area (Å²) >= 11 is 1.55. The van der Waals surface area contributed by atoms with E-state index >= 15 is 0 Å². The molecule has 1 amide bonds. The van der Waals surface area contributed by atoms with Gasteiger partial charge in [0.2, 0.25) is 5.91 Å². The minimum absolute atomic E-state index is 0.0280. The van der Waals surface area contributed by atoms with Crippen molar-refractivity contribution in [3.63, 3.8) is 0 Å². The van der Waals surface area contributed by atoms with Crippen LogP contribution in [0, 0.1) is 0 Å². The number of ketones is 1. The van der Waals surface area contributed by atoms with E-state index in [0.717, 1.165) is 49.0 Å². The van der Waals surface area contributed by atoms with Gasteiger partial charge >= 0.3 is 0 Å². The summed E-state index contributed by atoms with van der Waals surface area (Å²) in [7, 11) is 2.17. The molecule has 0 saturated carbocycles. The highest BCUT2D eigenvalue weighted by Crippen LogP contribution is 2.25. The summed E-state index contributed by atoms with van der Waals surface area (Å²) in [6.45, 7) is 6.94. The van der Waals surface area contributed by atoms with Gasteiger partial charge in [-0.3, -0.25) is 14.5 Å². The fraction of sp³-hybridized carbons (Fsp3) is 0.320. The van der Waals surface area contributed by atoms with Crippen molar-refractivity contribution < 1.29 is 9.59 Å². The van der Waals surface area contributed by atoms with Crippen LogP contribution in [0.25, 0.3) is 10.6 Å². The Bertz CT molecular complexity index is 1090. The summed E-state index contributed by atoms with van der Waals surface area (Å²) in [5, 5.41) is 5.69. The van der Waals surface area contributed by atoms with Crippen LogP contribution in [0.1, 0.15) is 28.5 Å². The van der Waals surface area contributed by atoms with E-state index < -0.39 is 0 Å². The molecular formula is C25H28N4O2S. The number of likely N-dealkylation sites (N-methyl/N-ethyl adjacent to an activating group) is 1. The number of rotatable bonds is 7. The lowest BCUT2D eigenvalue weighted by atomic mass is 10.1. The van der Waals surface area contributed by atoms with Crippen LogP contribution in [0.4, 0.5) is 5.69 Å². The second kappa shape index (κ2) is 10.2. The number of carbonyl (C=O) groups excluding carboxylic acids is 2. The fourth-order valence-electron chi connectivity index (χ4n) is 3.72. The molecule has 7 heteroatoms. The Balaban J connectivity index is 1.33. The summed E-state index contributed by atoms with van der Waals surface area (Å²) in [6, 6.07) is 15.5. The predicted molar refractivity (Wildman–Crippen MR) is 129 cm³/mol. The number of thiazole rings is 1. The highest BCUT2D eigenvalue weighted by molar-refractivity contribution is 7.13. The maximum Gasteiger partial charge on any atom is 0.230 e. The van der Waals surface area contributed by atoms with Crippen LogP contribution in [0.2, 0.25) is 0 Å². The van der Waals surface area contributed by atoms with Gasteiger partial charge in [0.05, 0.1) is 12.1 Å². The summed E-state index contributed by atoms with van der Waals surface area (Å²) in [6.07, 6.45) is 0.197. The van der Waals surface area contributed by atoms with Gasteiger partial charge in [-0.05, 0) is 31.7 Å². The molecule has 0 unspecified atom stereocenters. The molecule has 1 fully saturated rings. The molecule has 0 atom stereocenters. The van der Waals surface area contributed by atoms with Crippen molar-refractivity contribution in [3.8, 4) is 10.6 Å². The molecule has 1 aliphatic heterocycles. The Morgan fingerprint density at radius 2 is 1.81 bits per heavy atom. The summed E-state index contributed by atoms with van der Waals surface area (Å²) in [5.74, 6) is -0.176. The SMILES string of the molecule is CC(=O)c1cccc(NC(=O)Cc2csc(-c3ccc(CN4CCN(C)CC4)cc3)n2)c1. The van der Waals surface area contributed by atoms with Crippen molar-refractivity contribution in [2.24, 2.45) is 0 Å². The van der Waals surface area contributed by atoms with Crippen molar-refractivity contribution in [1.82, 2.24) is 14.8 Å². The highest BCUT2D eigenvalue weighted by Gasteiger charge is 2.14. The van der Waals surface area contributed by atoms with E-state index in [0.29, 0.717) is 11.3 Å². The molecule has 1 saturated heterocycles. The predicted octanol–water partition coefficient (Wildman–Crippen LogP) is 3.94. The average Bonchev–Trinajstić information content (AvgIpc) is 3.24. The number of anilines is 1. The third kappa shape index (κ3) is 5.88. The number of nitrogens with zero attached hydrogens (tertiary/aromatic N) is 3. The summed E-state index contributed by atoms with van der Waals surface area (Å²) in [4.78, 5) is 33.4. The van der Waals surface area contributed by atoms with Crippen molar-refractivity contribution >= 4 is 28.7 Å². The third-order valence-electron chi connectivity index (χ3n) is 5.65. The topological polar surface area (TPSA) is 65.5 Å². The second-order valence-electron chi connectivity index (χ2n) is 8.28. The van der Waals surface area contributed by atoms with Crippen LogP contribution in [0.5, 0.6) is 0 Å². The van der Waals surface area contributed by atoms with Gasteiger partial charge in [0.15, 0.2) is 5.78 Å². The lowest BCUT2D eigenvalue weighted by molar-refractivity contribution is -0.115. The van der Waals surface area contributed by atoms with E-state index in [-0.39, 0.29) is 18.1 Å². The lowest BCUT2D eigenvalue weighted by Crippen LogP contribution is -2.43. The molecule has 4 rings (SSSR count). The first-order valence-electron chi connectivity index (χ1n) is 10.8. The van der Waals surface area contributed by atoms with Crippen LogP contribution >= 0.6 is 11.3 Å². The lowest BCUT2D eigenvalue weighted by Gasteiger charge is -2.32. The van der Waals surface area contributed by atoms with Crippen LogP contribution < -0.4 is 5.32 Å². The average molecular weight is 449 g/mol. The number of benzene rings is 2. The molecule has 1 aliphatic rings. The van der Waals surface area contributed by atoms with Gasteiger partial charge in [0.25, 0.3) is 0 Å². The molecule has 6 nitrogen and oxygen atoms in total. The molecule has 1 N–H and O–H groups in total. The van der Waals surface area contributed by atoms with Crippen molar-refractivity contribution in [1.29, 1.82) is 0 Å². The number of piperazine rings is 1. The standard InChI is InChI=1S/C25H28N4O2S/c1-18(30)21-4-3-5-22(14-21)26-24(31)15-23-17-32-25(27-23)20-8-6-19(7-9-20)16-29-12-10-28(2)11-13-29/h3-9,14,17H,10-13,15-16H2,1-2H3,(H,26,31). The number of aromatic nitrogens is 1. The van der Waals surface area contributed by atoms with Gasteiger partial charge in [-0.2, -0.15) is 0 Å². The Hall–Kier alpha value is -2.87. The van der Waals surface area contributed by atoms with E-state index in [1.54, 1.807) is 35.6 Å². The maximum absolute atomic E-state index is 12.4. The molecule has 0 bridgehead atoms. The number of hydrogen-bond donors (Lipinski definition) is 1. The monoisotopic (exact) mass is 448 g/mol. The highest BCUT2D eigenvalue weighted by atomic mass is 32.1. The molecule has 3 aromatic rings. The minimum atomic E-state index is -0.148. The first kappa shape index (κ1) is 22.3. The molecule has 32 heavy (non-hydrogen) atoms. The van der Waals surface area contributed by atoms with Crippen molar-refractivity contribution in [3.05, 3.63) is 70.7 Å². The number of nitrogens with one attached hydrogen (secondary N) is 1. The van der Waals surface area contributed by atoms with Crippen molar-refractivity contribution in [2.75, 3.05) is 38.5 Å². The number of amides is 1. The summed E-state index contributed by atoms with van der Waals surface area (Å²) < 4.78 is 0. The second-order valence-corrected chi connectivity index (χ2v) is 9.14. The van der Waals surface area contributed by atoms with Gasteiger partial charge in [-0.25, -0.2) is 4.98 Å². The zero-order valence-electron chi connectivity index (χ0n) is 18.5. The molecule has 0 spiro atoms. The van der Waals surface area contributed by atoms with Gasteiger partial charge in [0, 0.05) is 54.9 Å². The molecule has 1 aromatic heterocycles. The normalized spacial score (nSPS) is 14.9. The van der Waals surface area contributed by atoms with Gasteiger partial charge in [0.1, 0.15) is 5.01 Å². The molecule has 0 aliphatic carbocycles. The molecular weight excluding hydrogens is 420 g/mol. The largest absolute Gasteiger partial charge is 0.326 e. The van der Waals surface area contributed by atoms with Crippen LogP contribution in [-0.2, 0) is 17.8 Å². The Morgan fingerprint density at radius 1 is 1.06 bits per heavy atom. The zero-order chi connectivity index (χ0) is 22.5. The molecule has 166 valence electrons. The minimum Gasteiger partial charge on any atom is -0.326 e. The van der Waals surface area contributed by atoms with Crippen molar-refractivity contribution in [2.45, 2.75) is 19.9 Å². The van der Waals surface area contributed by atoms with Gasteiger partial charge in [-0.1, -0.05) is 36.4 Å². The first-order chi connectivity index (χ1) is 15.5. The van der Waals surface area contributed by atoms with E-state index in [1.807, 2.05) is 5.38 Å². The number of hydrogen-bond acceptors (Lipinski definition) is 6. The van der Waals surface area contributed by atoms with Gasteiger partial charge < -0.3 is 10.2 Å². The maximum atomic E-state index is 12.4. The molecule has 2 heterocycles. The van der Waals surface area contributed by atoms with E-state index in [4.69, 9.17) is 0 Å².